The highest BCUT2D eigenvalue weighted by Gasteiger charge is 2.20. The largest absolute Gasteiger partial charge is 0.458 e. The van der Waals surface area contributed by atoms with E-state index in [0.29, 0.717) is 15.9 Å². The molecule has 0 radical (unpaired) electrons. The van der Waals surface area contributed by atoms with Crippen molar-refractivity contribution in [2.75, 3.05) is 6.54 Å². The van der Waals surface area contributed by atoms with E-state index in [2.05, 4.69) is 4.72 Å². The first kappa shape index (κ1) is 16.7. The van der Waals surface area contributed by atoms with Crippen molar-refractivity contribution in [1.82, 2.24) is 4.72 Å². The van der Waals surface area contributed by atoms with E-state index < -0.39 is 16.1 Å². The Morgan fingerprint density at radius 1 is 1.26 bits per heavy atom. The zero-order valence-electron chi connectivity index (χ0n) is 11.6. The molecule has 0 unspecified atom stereocenters. The van der Waals surface area contributed by atoms with E-state index in [1.165, 1.54) is 12.1 Å². The van der Waals surface area contributed by atoms with Gasteiger partial charge in [0.2, 0.25) is 10.0 Å². The van der Waals surface area contributed by atoms with Gasteiger partial charge < -0.3 is 9.52 Å². The lowest BCUT2D eigenvalue weighted by atomic mass is 10.2. The molecule has 0 saturated heterocycles. The highest BCUT2D eigenvalue weighted by molar-refractivity contribution is 7.91. The number of nitrogens with one attached hydrogen (secondary N) is 1. The van der Waals surface area contributed by atoms with Gasteiger partial charge in [-0.3, -0.25) is 0 Å². The van der Waals surface area contributed by atoms with Crippen molar-refractivity contribution in [2.24, 2.45) is 0 Å². The minimum Gasteiger partial charge on any atom is -0.458 e. The molecule has 0 aliphatic heterocycles. The lowest BCUT2D eigenvalue weighted by molar-refractivity contribution is 0.155. The summed E-state index contributed by atoms with van der Waals surface area (Å²) in [5, 5.41) is 14.0. The number of hydrogen-bond acceptors (Lipinski definition) is 6. The number of aliphatic hydroxyl groups excluding tert-OH is 1. The van der Waals surface area contributed by atoms with Crippen LogP contribution in [-0.4, -0.2) is 20.1 Å². The summed E-state index contributed by atoms with van der Waals surface area (Å²) >= 11 is 8.24. The molecule has 0 fully saturated rings. The maximum absolute atomic E-state index is 12.1. The number of rotatable bonds is 6. The normalized spacial score (nSPS) is 13.3. The highest BCUT2D eigenvalue weighted by atomic mass is 35.5. The number of thiophene rings is 2. The van der Waals surface area contributed by atoms with Crippen LogP contribution in [0.3, 0.4) is 0 Å². The highest BCUT2D eigenvalue weighted by Crippen LogP contribution is 2.28. The quantitative estimate of drug-likeness (QED) is 0.673. The average molecular weight is 390 g/mol. The third-order valence-corrected chi connectivity index (χ3v) is 6.87. The van der Waals surface area contributed by atoms with Gasteiger partial charge in [-0.05, 0) is 35.7 Å². The molecule has 23 heavy (non-hydrogen) atoms. The van der Waals surface area contributed by atoms with Gasteiger partial charge in [0.1, 0.15) is 21.8 Å². The number of hydrogen-bond donors (Lipinski definition) is 2. The van der Waals surface area contributed by atoms with E-state index in [-0.39, 0.29) is 10.8 Å². The standard InChI is InChI=1S/C14H12ClNO4S3/c15-13-3-4-14(22-13)23(18,19)16-7-10(17)12-2-1-11(20-12)9-5-6-21-8-9/h1-6,8,10,16-17H,7H2/t10-/m1/s1. The van der Waals surface area contributed by atoms with E-state index >= 15 is 0 Å². The summed E-state index contributed by atoms with van der Waals surface area (Å²) in [7, 11) is -3.69. The van der Waals surface area contributed by atoms with Crippen LogP contribution >= 0.6 is 34.3 Å². The minimum atomic E-state index is -3.69. The molecule has 9 heteroatoms. The van der Waals surface area contributed by atoms with Gasteiger partial charge in [-0.2, -0.15) is 11.3 Å². The molecule has 0 amide bonds. The maximum atomic E-state index is 12.1. The monoisotopic (exact) mass is 389 g/mol. The van der Waals surface area contributed by atoms with Crippen molar-refractivity contribution in [3.8, 4) is 11.3 Å². The third kappa shape index (κ3) is 3.85. The van der Waals surface area contributed by atoms with Crippen molar-refractivity contribution < 1.29 is 17.9 Å². The first-order valence-electron chi connectivity index (χ1n) is 6.51. The summed E-state index contributed by atoms with van der Waals surface area (Å²) in [6.45, 7) is -0.186. The third-order valence-electron chi connectivity index (χ3n) is 3.04. The van der Waals surface area contributed by atoms with E-state index in [0.717, 1.165) is 16.9 Å². The lowest BCUT2D eigenvalue weighted by Crippen LogP contribution is -2.27. The van der Waals surface area contributed by atoms with Crippen LogP contribution in [0.15, 0.2) is 49.7 Å². The Bertz CT molecular complexity index is 883. The van der Waals surface area contributed by atoms with Gasteiger partial charge >= 0.3 is 0 Å². The molecule has 2 N–H and O–H groups in total. The van der Waals surface area contributed by atoms with Gasteiger partial charge in [0.05, 0.1) is 4.34 Å². The van der Waals surface area contributed by atoms with Gasteiger partial charge in [-0.15, -0.1) is 11.3 Å². The Balaban J connectivity index is 1.67. The average Bonchev–Trinajstić information content (AvgIpc) is 3.24. The van der Waals surface area contributed by atoms with E-state index in [1.807, 2.05) is 16.8 Å². The van der Waals surface area contributed by atoms with Crippen LogP contribution in [0.1, 0.15) is 11.9 Å². The fourth-order valence-corrected chi connectivity index (χ4v) is 5.10. The Labute approximate surface area is 146 Å². The zero-order valence-corrected chi connectivity index (χ0v) is 14.8. The van der Waals surface area contributed by atoms with Crippen molar-refractivity contribution in [1.29, 1.82) is 0 Å². The first-order valence-corrected chi connectivity index (χ1v) is 10.1. The second-order valence-corrected chi connectivity index (χ2v) is 9.13. The van der Waals surface area contributed by atoms with Crippen LogP contribution in [-0.2, 0) is 10.0 Å². The maximum Gasteiger partial charge on any atom is 0.250 e. The molecule has 3 aromatic rings. The second kappa shape index (κ2) is 6.76. The minimum absolute atomic E-state index is 0.105. The summed E-state index contributed by atoms with van der Waals surface area (Å²) in [5.74, 6) is 0.936. The lowest BCUT2D eigenvalue weighted by Gasteiger charge is -2.09. The SMILES string of the molecule is O=S(=O)(NC[C@@H](O)c1ccc(-c2ccsc2)o1)c1ccc(Cl)s1. The number of halogens is 1. The van der Waals surface area contributed by atoms with Crippen LogP contribution < -0.4 is 4.72 Å². The summed E-state index contributed by atoms with van der Waals surface area (Å²) in [6.07, 6.45) is -1.08. The summed E-state index contributed by atoms with van der Waals surface area (Å²) in [5.41, 5.74) is 0.919. The van der Waals surface area contributed by atoms with E-state index in [1.54, 1.807) is 23.5 Å². The van der Waals surface area contributed by atoms with Crippen molar-refractivity contribution in [2.45, 2.75) is 10.3 Å². The molecule has 0 saturated carbocycles. The van der Waals surface area contributed by atoms with Gasteiger partial charge in [-0.25, -0.2) is 13.1 Å². The van der Waals surface area contributed by atoms with E-state index in [9.17, 15) is 13.5 Å². The molecule has 0 aromatic carbocycles. The molecule has 1 atom stereocenters. The van der Waals surface area contributed by atoms with Gasteiger partial charge in [0, 0.05) is 17.5 Å². The molecule has 0 spiro atoms. The predicted molar refractivity (Wildman–Crippen MR) is 91.5 cm³/mol. The van der Waals surface area contributed by atoms with Crippen LogP contribution in [0.5, 0.6) is 0 Å². The molecule has 3 rings (SSSR count). The molecule has 0 aliphatic carbocycles. The summed E-state index contributed by atoms with van der Waals surface area (Å²) < 4.78 is 32.6. The molecule has 3 heterocycles. The second-order valence-electron chi connectivity index (χ2n) is 4.64. The summed E-state index contributed by atoms with van der Waals surface area (Å²) in [4.78, 5) is 0. The Morgan fingerprint density at radius 3 is 2.74 bits per heavy atom. The Morgan fingerprint density at radius 2 is 2.09 bits per heavy atom. The van der Waals surface area contributed by atoms with E-state index in [4.69, 9.17) is 16.0 Å². The number of furan rings is 1. The van der Waals surface area contributed by atoms with Crippen LogP contribution in [0.2, 0.25) is 4.34 Å². The molecule has 0 bridgehead atoms. The molecule has 122 valence electrons. The van der Waals surface area contributed by atoms with Crippen LogP contribution in [0, 0.1) is 0 Å². The Hall–Kier alpha value is -1.16. The van der Waals surface area contributed by atoms with Crippen molar-refractivity contribution in [3.05, 3.63) is 51.2 Å². The molecular formula is C14H12ClNO4S3. The van der Waals surface area contributed by atoms with Crippen molar-refractivity contribution >= 4 is 44.3 Å². The number of aliphatic hydroxyl groups is 1. The van der Waals surface area contributed by atoms with Crippen LogP contribution in [0.4, 0.5) is 0 Å². The molecular weight excluding hydrogens is 378 g/mol. The fourth-order valence-electron chi connectivity index (χ4n) is 1.89. The van der Waals surface area contributed by atoms with Gasteiger partial charge in [0.25, 0.3) is 0 Å². The molecule has 0 aliphatic rings. The zero-order chi connectivity index (χ0) is 16.4. The number of sulfonamides is 1. The van der Waals surface area contributed by atoms with Gasteiger partial charge in [0.15, 0.2) is 0 Å². The Kier molecular flexibility index (Phi) is 4.90. The topological polar surface area (TPSA) is 79.5 Å². The fraction of sp³-hybridized carbons (Fsp3) is 0.143. The predicted octanol–water partition coefficient (Wildman–Crippen LogP) is 3.73. The first-order chi connectivity index (χ1) is 11.0. The van der Waals surface area contributed by atoms with Crippen molar-refractivity contribution in [3.63, 3.8) is 0 Å². The van der Waals surface area contributed by atoms with Crippen LogP contribution in [0.25, 0.3) is 11.3 Å². The van der Waals surface area contributed by atoms with Gasteiger partial charge in [-0.1, -0.05) is 11.6 Å². The molecule has 5 nitrogen and oxygen atoms in total. The molecule has 3 aromatic heterocycles. The summed E-state index contributed by atoms with van der Waals surface area (Å²) in [6, 6.07) is 8.21. The smallest absolute Gasteiger partial charge is 0.250 e.